The number of nitrogens with zero attached hydrogens (tertiary/aromatic N) is 4. The van der Waals surface area contributed by atoms with Crippen LogP contribution >= 0.6 is 0 Å². The Hall–Kier alpha value is -3.68. The first-order chi connectivity index (χ1) is 15.0. The van der Waals surface area contributed by atoms with Gasteiger partial charge < -0.3 is 19.1 Å². The standard InChI is InChI=1S/C23H24N4O4/c1-3-31-23(30)16-8-9-20(24-15-16)26-10-12-27(13-11-26)22(29)18-14-21(28)25(2)19-7-5-4-6-17(18)19/h4-9,14-15H,3,10-13H2,1-2H3. The van der Waals surface area contributed by atoms with Crippen molar-refractivity contribution in [2.45, 2.75) is 6.92 Å². The van der Waals surface area contributed by atoms with Crippen molar-refractivity contribution in [2.75, 3.05) is 37.7 Å². The van der Waals surface area contributed by atoms with Gasteiger partial charge in [0, 0.05) is 50.9 Å². The van der Waals surface area contributed by atoms with Crippen molar-refractivity contribution in [3.8, 4) is 0 Å². The van der Waals surface area contributed by atoms with E-state index in [4.69, 9.17) is 4.74 Å². The third-order valence-corrected chi connectivity index (χ3v) is 5.53. The molecular formula is C23H24N4O4. The molecule has 0 spiro atoms. The number of fused-ring (bicyclic) bond motifs is 1. The van der Waals surface area contributed by atoms with Crippen molar-refractivity contribution in [3.05, 3.63) is 70.1 Å². The molecule has 0 atom stereocenters. The number of hydrogen-bond donors (Lipinski definition) is 0. The van der Waals surface area contributed by atoms with Crippen LogP contribution in [0.1, 0.15) is 27.6 Å². The fourth-order valence-corrected chi connectivity index (χ4v) is 3.80. The summed E-state index contributed by atoms with van der Waals surface area (Å²) in [5.74, 6) is 0.219. The summed E-state index contributed by atoms with van der Waals surface area (Å²) in [5.41, 5.74) is 1.38. The van der Waals surface area contributed by atoms with Gasteiger partial charge in [-0.25, -0.2) is 9.78 Å². The van der Waals surface area contributed by atoms with Crippen molar-refractivity contribution in [2.24, 2.45) is 7.05 Å². The average Bonchev–Trinajstić information content (AvgIpc) is 2.81. The van der Waals surface area contributed by atoms with Crippen molar-refractivity contribution in [3.63, 3.8) is 0 Å². The summed E-state index contributed by atoms with van der Waals surface area (Å²) in [6.45, 7) is 4.34. The second kappa shape index (κ2) is 8.59. The molecule has 8 heteroatoms. The monoisotopic (exact) mass is 420 g/mol. The van der Waals surface area contributed by atoms with Crippen molar-refractivity contribution in [1.82, 2.24) is 14.5 Å². The highest BCUT2D eigenvalue weighted by Crippen LogP contribution is 2.20. The zero-order valence-corrected chi connectivity index (χ0v) is 17.6. The van der Waals surface area contributed by atoms with Gasteiger partial charge in [-0.3, -0.25) is 9.59 Å². The van der Waals surface area contributed by atoms with Crippen LogP contribution in [0.5, 0.6) is 0 Å². The van der Waals surface area contributed by atoms with E-state index in [-0.39, 0.29) is 11.5 Å². The molecule has 3 aromatic rings. The Balaban J connectivity index is 1.48. The molecule has 160 valence electrons. The fourth-order valence-electron chi connectivity index (χ4n) is 3.80. The zero-order chi connectivity index (χ0) is 22.0. The number of carbonyl (C=O) groups excluding carboxylic acids is 2. The van der Waals surface area contributed by atoms with E-state index in [0.717, 1.165) is 16.7 Å². The summed E-state index contributed by atoms with van der Waals surface area (Å²) >= 11 is 0. The minimum absolute atomic E-state index is 0.140. The number of piperazine rings is 1. The molecule has 0 bridgehead atoms. The number of carbonyl (C=O) groups is 2. The number of esters is 1. The number of amides is 1. The van der Waals surface area contributed by atoms with Gasteiger partial charge in [-0.1, -0.05) is 18.2 Å². The normalized spacial score (nSPS) is 14.0. The molecule has 31 heavy (non-hydrogen) atoms. The average molecular weight is 420 g/mol. The molecule has 0 N–H and O–H groups in total. The van der Waals surface area contributed by atoms with Gasteiger partial charge in [0.25, 0.3) is 11.5 Å². The van der Waals surface area contributed by atoms with E-state index in [9.17, 15) is 14.4 Å². The Kier molecular flexibility index (Phi) is 5.70. The molecule has 0 aliphatic carbocycles. The highest BCUT2D eigenvalue weighted by molar-refractivity contribution is 6.06. The summed E-state index contributed by atoms with van der Waals surface area (Å²) in [6, 6.07) is 12.3. The van der Waals surface area contributed by atoms with Gasteiger partial charge in [-0.15, -0.1) is 0 Å². The molecule has 4 rings (SSSR count). The molecule has 0 saturated carbocycles. The lowest BCUT2D eigenvalue weighted by molar-refractivity contribution is 0.0525. The number of aryl methyl sites for hydroxylation is 1. The molecule has 1 aliphatic heterocycles. The fraction of sp³-hybridized carbons (Fsp3) is 0.304. The van der Waals surface area contributed by atoms with E-state index in [1.807, 2.05) is 24.3 Å². The van der Waals surface area contributed by atoms with Crippen LogP contribution in [-0.2, 0) is 11.8 Å². The van der Waals surface area contributed by atoms with Gasteiger partial charge in [-0.2, -0.15) is 0 Å². The molecule has 0 radical (unpaired) electrons. The van der Waals surface area contributed by atoms with Crippen LogP contribution in [0.25, 0.3) is 10.9 Å². The minimum atomic E-state index is -0.391. The number of benzene rings is 1. The maximum Gasteiger partial charge on any atom is 0.339 e. The Labute approximate surface area is 179 Å². The predicted octanol–water partition coefficient (Wildman–Crippen LogP) is 2.07. The summed E-state index contributed by atoms with van der Waals surface area (Å²) in [7, 11) is 1.71. The lowest BCUT2D eigenvalue weighted by Crippen LogP contribution is -2.49. The second-order valence-electron chi connectivity index (χ2n) is 7.38. The van der Waals surface area contributed by atoms with Crippen LogP contribution in [0.4, 0.5) is 5.82 Å². The Morgan fingerprint density at radius 1 is 1.06 bits per heavy atom. The molecule has 1 fully saturated rings. The van der Waals surface area contributed by atoms with Crippen molar-refractivity contribution < 1.29 is 14.3 Å². The van der Waals surface area contributed by atoms with E-state index in [0.29, 0.717) is 43.9 Å². The lowest BCUT2D eigenvalue weighted by atomic mass is 10.1. The van der Waals surface area contributed by atoms with E-state index < -0.39 is 5.97 Å². The van der Waals surface area contributed by atoms with Crippen LogP contribution in [0.15, 0.2) is 53.5 Å². The van der Waals surface area contributed by atoms with Gasteiger partial charge in [-0.05, 0) is 25.1 Å². The van der Waals surface area contributed by atoms with Crippen molar-refractivity contribution >= 4 is 28.6 Å². The summed E-state index contributed by atoms with van der Waals surface area (Å²) in [4.78, 5) is 45.5. The highest BCUT2D eigenvalue weighted by atomic mass is 16.5. The van der Waals surface area contributed by atoms with E-state index in [1.165, 1.54) is 12.3 Å². The van der Waals surface area contributed by atoms with E-state index >= 15 is 0 Å². The summed E-state index contributed by atoms with van der Waals surface area (Å²) in [6.07, 6.45) is 1.51. The molecule has 1 aliphatic rings. The third-order valence-electron chi connectivity index (χ3n) is 5.53. The molecule has 1 aromatic carbocycles. The number of aromatic nitrogens is 2. The number of hydrogen-bond acceptors (Lipinski definition) is 6. The van der Waals surface area contributed by atoms with Gasteiger partial charge in [0.15, 0.2) is 0 Å². The molecular weight excluding hydrogens is 396 g/mol. The molecule has 1 saturated heterocycles. The number of pyridine rings is 2. The lowest BCUT2D eigenvalue weighted by Gasteiger charge is -2.35. The van der Waals surface area contributed by atoms with Crippen molar-refractivity contribution in [1.29, 1.82) is 0 Å². The second-order valence-corrected chi connectivity index (χ2v) is 7.38. The zero-order valence-electron chi connectivity index (χ0n) is 17.6. The van der Waals surface area contributed by atoms with Gasteiger partial charge in [0.05, 0.1) is 23.3 Å². The molecule has 8 nitrogen and oxygen atoms in total. The predicted molar refractivity (Wildman–Crippen MR) is 117 cm³/mol. The van der Waals surface area contributed by atoms with E-state index in [2.05, 4.69) is 9.88 Å². The van der Waals surface area contributed by atoms with Gasteiger partial charge >= 0.3 is 5.97 Å². The largest absolute Gasteiger partial charge is 0.462 e. The third kappa shape index (κ3) is 4.01. The molecule has 2 aromatic heterocycles. The molecule has 1 amide bonds. The number of rotatable bonds is 4. The van der Waals surface area contributed by atoms with Crippen LogP contribution < -0.4 is 10.5 Å². The number of para-hydroxylation sites is 1. The molecule has 0 unspecified atom stereocenters. The molecule has 3 heterocycles. The summed E-state index contributed by atoms with van der Waals surface area (Å²) < 4.78 is 6.53. The van der Waals surface area contributed by atoms with E-state index in [1.54, 1.807) is 35.6 Å². The smallest absolute Gasteiger partial charge is 0.339 e. The Bertz CT molecular complexity index is 1180. The number of anilines is 1. The SMILES string of the molecule is CCOC(=O)c1ccc(N2CCN(C(=O)c3cc(=O)n(C)c4ccccc34)CC2)nc1. The summed E-state index contributed by atoms with van der Waals surface area (Å²) in [5, 5.41) is 0.772. The van der Waals surface area contributed by atoms with Gasteiger partial charge in [0.1, 0.15) is 5.82 Å². The first kappa shape index (κ1) is 20.6. The first-order valence-electron chi connectivity index (χ1n) is 10.3. The minimum Gasteiger partial charge on any atom is -0.462 e. The Morgan fingerprint density at radius 3 is 2.48 bits per heavy atom. The van der Waals surface area contributed by atoms with Crippen LogP contribution in [0, 0.1) is 0 Å². The van der Waals surface area contributed by atoms with Crippen LogP contribution in [0.2, 0.25) is 0 Å². The highest BCUT2D eigenvalue weighted by Gasteiger charge is 2.25. The maximum absolute atomic E-state index is 13.2. The Morgan fingerprint density at radius 2 is 1.81 bits per heavy atom. The van der Waals surface area contributed by atoms with Gasteiger partial charge in [0.2, 0.25) is 0 Å². The van der Waals surface area contributed by atoms with Crippen LogP contribution in [0.3, 0.4) is 0 Å². The van der Waals surface area contributed by atoms with Crippen LogP contribution in [-0.4, -0.2) is 59.1 Å². The first-order valence-corrected chi connectivity index (χ1v) is 10.3. The quantitative estimate of drug-likeness (QED) is 0.601. The maximum atomic E-state index is 13.2. The number of ether oxygens (including phenoxy) is 1. The topological polar surface area (TPSA) is 84.7 Å².